The third-order valence-corrected chi connectivity index (χ3v) is 4.95. The summed E-state index contributed by atoms with van der Waals surface area (Å²) in [6.07, 6.45) is 0. The van der Waals surface area contributed by atoms with E-state index in [9.17, 15) is 18.4 Å². The summed E-state index contributed by atoms with van der Waals surface area (Å²) in [7, 11) is 1.63. The number of carbonyl (C=O) groups excluding carboxylic acids is 2. The lowest BCUT2D eigenvalue weighted by atomic mass is 10.2. The summed E-state index contributed by atoms with van der Waals surface area (Å²) < 4.78 is 31.4. The van der Waals surface area contributed by atoms with Crippen molar-refractivity contribution in [3.63, 3.8) is 0 Å². The fourth-order valence-corrected chi connectivity index (χ4v) is 3.46. The van der Waals surface area contributed by atoms with Crippen LogP contribution in [0, 0.1) is 25.5 Å². The van der Waals surface area contributed by atoms with Gasteiger partial charge in [0, 0.05) is 25.0 Å². The van der Waals surface area contributed by atoms with Gasteiger partial charge in [-0.25, -0.2) is 18.6 Å². The van der Waals surface area contributed by atoms with Crippen molar-refractivity contribution in [1.29, 1.82) is 0 Å². The molecule has 0 bridgehead atoms. The Bertz CT molecular complexity index is 1040. The molecule has 3 amide bonds. The van der Waals surface area contributed by atoms with Crippen molar-refractivity contribution >= 4 is 28.4 Å². The van der Waals surface area contributed by atoms with Crippen molar-refractivity contribution in [2.24, 2.45) is 0 Å². The van der Waals surface area contributed by atoms with E-state index in [2.05, 4.69) is 20.8 Å². The summed E-state index contributed by atoms with van der Waals surface area (Å²) in [6, 6.07) is 2.46. The van der Waals surface area contributed by atoms with Crippen molar-refractivity contribution in [1.82, 2.24) is 20.4 Å². The molecule has 0 aliphatic rings. The van der Waals surface area contributed by atoms with E-state index >= 15 is 0 Å². The molecule has 2 aromatic heterocycles. The van der Waals surface area contributed by atoms with Crippen molar-refractivity contribution in [3.05, 3.63) is 63.5 Å². The number of anilines is 1. The molecule has 1 aromatic carbocycles. The summed E-state index contributed by atoms with van der Waals surface area (Å²) in [5.74, 6) is -1.23. The Morgan fingerprint density at radius 2 is 1.90 bits per heavy atom. The number of rotatable bonds is 6. The highest BCUT2D eigenvalue weighted by atomic mass is 32.1. The number of hydrogen-bond acceptors (Lipinski definition) is 6. The molecular formula is C19H19F2N5O3S. The average molecular weight is 435 g/mol. The minimum Gasteiger partial charge on any atom is -0.361 e. The number of carbonyl (C=O) groups is 2. The van der Waals surface area contributed by atoms with E-state index in [1.54, 1.807) is 26.3 Å². The van der Waals surface area contributed by atoms with Gasteiger partial charge in [0.15, 0.2) is 5.13 Å². The van der Waals surface area contributed by atoms with E-state index in [-0.39, 0.29) is 19.0 Å². The predicted octanol–water partition coefficient (Wildman–Crippen LogP) is 3.62. The maximum atomic E-state index is 13.2. The number of halogens is 2. The van der Waals surface area contributed by atoms with Gasteiger partial charge in [0.05, 0.1) is 17.9 Å². The van der Waals surface area contributed by atoms with E-state index in [0.29, 0.717) is 33.4 Å². The van der Waals surface area contributed by atoms with Gasteiger partial charge < -0.3 is 14.7 Å². The molecule has 0 unspecified atom stereocenters. The first-order valence-electron chi connectivity index (χ1n) is 8.85. The highest BCUT2D eigenvalue weighted by Crippen LogP contribution is 2.19. The molecule has 30 heavy (non-hydrogen) atoms. The van der Waals surface area contributed by atoms with Gasteiger partial charge in [-0.3, -0.25) is 10.1 Å². The first kappa shape index (κ1) is 21.4. The van der Waals surface area contributed by atoms with E-state index in [0.717, 1.165) is 18.2 Å². The fraction of sp³-hybridized carbons (Fsp3) is 0.263. The molecule has 3 aromatic rings. The molecular weight excluding hydrogens is 416 g/mol. The number of amides is 3. The minimum atomic E-state index is -0.716. The Morgan fingerprint density at radius 1 is 1.20 bits per heavy atom. The van der Waals surface area contributed by atoms with Crippen molar-refractivity contribution in [3.8, 4) is 0 Å². The van der Waals surface area contributed by atoms with Crippen LogP contribution in [0.3, 0.4) is 0 Å². The van der Waals surface area contributed by atoms with Crippen molar-refractivity contribution in [2.75, 3.05) is 12.4 Å². The number of benzene rings is 1. The second-order valence-corrected chi connectivity index (χ2v) is 7.45. The predicted molar refractivity (Wildman–Crippen MR) is 106 cm³/mol. The maximum absolute atomic E-state index is 13.2. The number of aryl methyl sites for hydroxylation is 2. The van der Waals surface area contributed by atoms with Gasteiger partial charge in [0.1, 0.15) is 23.0 Å². The van der Waals surface area contributed by atoms with Crippen LogP contribution in [0.1, 0.15) is 33.1 Å². The zero-order valence-corrected chi connectivity index (χ0v) is 17.3. The third-order valence-electron chi connectivity index (χ3n) is 4.14. The van der Waals surface area contributed by atoms with Crippen LogP contribution in [0.4, 0.5) is 18.7 Å². The zero-order chi connectivity index (χ0) is 21.8. The van der Waals surface area contributed by atoms with Crippen molar-refractivity contribution < 1.29 is 22.9 Å². The van der Waals surface area contributed by atoms with E-state index in [1.165, 1.54) is 16.2 Å². The first-order valence-corrected chi connectivity index (χ1v) is 9.73. The van der Waals surface area contributed by atoms with Crippen LogP contribution >= 0.6 is 11.3 Å². The quantitative estimate of drug-likeness (QED) is 0.616. The van der Waals surface area contributed by atoms with Crippen LogP contribution in [0.15, 0.2) is 28.1 Å². The standard InChI is InChI=1S/C19H19F2N5O3S/c1-10-16(11(2)29-25-10)17(27)26(3)8-15-9-30-19(23-15)24-18(28)22-7-12-4-13(20)6-14(21)5-12/h4-6,9H,7-8H2,1-3H3,(H2,22,23,24,28). The molecule has 158 valence electrons. The second-order valence-electron chi connectivity index (χ2n) is 6.59. The Labute approximate surface area is 174 Å². The molecule has 0 spiro atoms. The van der Waals surface area contributed by atoms with Gasteiger partial charge in [0.25, 0.3) is 5.91 Å². The van der Waals surface area contributed by atoms with Gasteiger partial charge in [-0.1, -0.05) is 5.16 Å². The largest absolute Gasteiger partial charge is 0.361 e. The molecule has 11 heteroatoms. The Morgan fingerprint density at radius 3 is 2.53 bits per heavy atom. The molecule has 0 saturated carbocycles. The zero-order valence-electron chi connectivity index (χ0n) is 16.5. The normalized spacial score (nSPS) is 10.7. The maximum Gasteiger partial charge on any atom is 0.321 e. The lowest BCUT2D eigenvalue weighted by Gasteiger charge is -2.15. The lowest BCUT2D eigenvalue weighted by molar-refractivity contribution is 0.0781. The molecule has 0 saturated heterocycles. The number of nitrogens with zero attached hydrogens (tertiary/aromatic N) is 3. The Hall–Kier alpha value is -3.34. The molecule has 3 rings (SSSR count). The van der Waals surface area contributed by atoms with E-state index in [4.69, 9.17) is 4.52 Å². The van der Waals surface area contributed by atoms with Crippen LogP contribution in [0.25, 0.3) is 0 Å². The smallest absolute Gasteiger partial charge is 0.321 e. The van der Waals surface area contributed by atoms with Gasteiger partial charge in [-0.15, -0.1) is 11.3 Å². The Balaban J connectivity index is 1.54. The fourth-order valence-electron chi connectivity index (χ4n) is 2.77. The molecule has 8 nitrogen and oxygen atoms in total. The molecule has 0 aliphatic carbocycles. The molecule has 2 N–H and O–H groups in total. The molecule has 2 heterocycles. The summed E-state index contributed by atoms with van der Waals surface area (Å²) in [4.78, 5) is 30.3. The van der Waals surface area contributed by atoms with Gasteiger partial charge in [-0.2, -0.15) is 0 Å². The molecule has 0 aliphatic heterocycles. The topological polar surface area (TPSA) is 100 Å². The highest BCUT2D eigenvalue weighted by Gasteiger charge is 2.21. The van der Waals surface area contributed by atoms with Crippen molar-refractivity contribution in [2.45, 2.75) is 26.9 Å². The number of nitrogens with one attached hydrogen (secondary N) is 2. The first-order chi connectivity index (χ1) is 14.2. The van der Waals surface area contributed by atoms with Crippen LogP contribution in [-0.4, -0.2) is 34.0 Å². The van der Waals surface area contributed by atoms with Gasteiger partial charge in [-0.05, 0) is 31.5 Å². The molecule has 0 radical (unpaired) electrons. The SMILES string of the molecule is Cc1noc(C)c1C(=O)N(C)Cc1csc(NC(=O)NCc2cc(F)cc(F)c2)n1. The average Bonchev–Trinajstić information content (AvgIpc) is 3.24. The summed E-state index contributed by atoms with van der Waals surface area (Å²) >= 11 is 1.19. The van der Waals surface area contributed by atoms with Gasteiger partial charge in [0.2, 0.25) is 0 Å². The summed E-state index contributed by atoms with van der Waals surface area (Å²) in [5, 5.41) is 10.9. The van der Waals surface area contributed by atoms with Crippen LogP contribution < -0.4 is 10.6 Å². The molecule has 0 fully saturated rings. The summed E-state index contributed by atoms with van der Waals surface area (Å²) in [5.41, 5.74) is 1.81. The number of hydrogen-bond donors (Lipinski definition) is 2. The number of thiazole rings is 1. The van der Waals surface area contributed by atoms with Gasteiger partial charge >= 0.3 is 6.03 Å². The summed E-state index contributed by atoms with van der Waals surface area (Å²) in [6.45, 7) is 3.54. The molecule has 0 atom stereocenters. The number of urea groups is 1. The minimum absolute atomic E-state index is 0.0482. The third kappa shape index (κ3) is 5.17. The lowest BCUT2D eigenvalue weighted by Crippen LogP contribution is -2.28. The monoisotopic (exact) mass is 435 g/mol. The van der Waals surface area contributed by atoms with Crippen LogP contribution in [0.2, 0.25) is 0 Å². The van der Waals surface area contributed by atoms with E-state index < -0.39 is 17.7 Å². The van der Waals surface area contributed by atoms with Crippen LogP contribution in [-0.2, 0) is 13.1 Å². The second kappa shape index (κ2) is 8.99. The number of aromatic nitrogens is 2. The Kier molecular flexibility index (Phi) is 6.40. The highest BCUT2D eigenvalue weighted by molar-refractivity contribution is 7.13. The van der Waals surface area contributed by atoms with Crippen LogP contribution in [0.5, 0.6) is 0 Å². The van der Waals surface area contributed by atoms with E-state index in [1.807, 2.05) is 0 Å².